The van der Waals surface area contributed by atoms with Crippen LogP contribution in [0.3, 0.4) is 0 Å². The van der Waals surface area contributed by atoms with Gasteiger partial charge in [0.25, 0.3) is 0 Å². The Morgan fingerprint density at radius 2 is 1.97 bits per heavy atom. The molecule has 2 N–H and O–H groups in total. The Balaban J connectivity index is 1.56. The average Bonchev–Trinajstić information content (AvgIpc) is 3.34. The molecule has 2 aromatic heterocycles. The van der Waals surface area contributed by atoms with Crippen molar-refractivity contribution < 1.29 is 0 Å². The summed E-state index contributed by atoms with van der Waals surface area (Å²) in [6.45, 7) is 10.0. The Morgan fingerprint density at radius 3 is 2.57 bits per heavy atom. The van der Waals surface area contributed by atoms with E-state index in [0.29, 0.717) is 0 Å². The summed E-state index contributed by atoms with van der Waals surface area (Å²) in [6, 6.07) is 10.7. The lowest BCUT2D eigenvalue weighted by Crippen LogP contribution is -2.43. The Labute approximate surface area is 179 Å². The largest absolute Gasteiger partial charge is 0.357 e. The van der Waals surface area contributed by atoms with E-state index in [4.69, 9.17) is 4.99 Å². The summed E-state index contributed by atoms with van der Waals surface area (Å²) in [5.41, 5.74) is 5.97. The van der Waals surface area contributed by atoms with Gasteiger partial charge in [-0.2, -0.15) is 10.2 Å². The Morgan fingerprint density at radius 1 is 1.20 bits per heavy atom. The highest BCUT2D eigenvalue weighted by Crippen LogP contribution is 2.14. The van der Waals surface area contributed by atoms with Crippen LogP contribution in [0.25, 0.3) is 5.69 Å². The van der Waals surface area contributed by atoms with Gasteiger partial charge in [-0.15, -0.1) is 0 Å². The normalized spacial score (nSPS) is 12.8. The van der Waals surface area contributed by atoms with Crippen molar-refractivity contribution in [1.82, 2.24) is 30.2 Å². The fourth-order valence-electron chi connectivity index (χ4n) is 3.56. The van der Waals surface area contributed by atoms with Crippen LogP contribution in [0.5, 0.6) is 0 Å². The van der Waals surface area contributed by atoms with E-state index < -0.39 is 0 Å². The Kier molecular flexibility index (Phi) is 7.27. The molecule has 0 aliphatic rings. The van der Waals surface area contributed by atoms with Crippen LogP contribution in [0.1, 0.15) is 36.4 Å². The third-order valence-corrected chi connectivity index (χ3v) is 5.27. The number of aromatic nitrogens is 4. The molecule has 0 aliphatic heterocycles. The van der Waals surface area contributed by atoms with Crippen molar-refractivity contribution in [2.45, 2.75) is 46.6 Å². The molecule has 0 amide bonds. The fourth-order valence-corrected chi connectivity index (χ4v) is 3.56. The minimum absolute atomic E-state index is 0.262. The van der Waals surface area contributed by atoms with E-state index in [1.807, 2.05) is 28.7 Å². The first-order chi connectivity index (χ1) is 14.5. The number of nitrogens with one attached hydrogen (secondary N) is 2. The number of guanidine groups is 1. The molecule has 0 fully saturated rings. The third-order valence-electron chi connectivity index (χ3n) is 5.27. The van der Waals surface area contributed by atoms with Gasteiger partial charge in [-0.1, -0.05) is 12.1 Å². The van der Waals surface area contributed by atoms with Crippen molar-refractivity contribution in [2.24, 2.45) is 12.0 Å². The maximum Gasteiger partial charge on any atom is 0.191 e. The van der Waals surface area contributed by atoms with E-state index in [9.17, 15) is 0 Å². The molecule has 0 saturated carbocycles. The topological polar surface area (TPSA) is 72.1 Å². The van der Waals surface area contributed by atoms with Crippen molar-refractivity contribution in [2.75, 3.05) is 13.1 Å². The van der Waals surface area contributed by atoms with Gasteiger partial charge in [0.05, 0.1) is 11.4 Å². The van der Waals surface area contributed by atoms with Crippen molar-refractivity contribution in [3.05, 3.63) is 65.2 Å². The molecule has 3 aromatic rings. The van der Waals surface area contributed by atoms with Gasteiger partial charge in [-0.05, 0) is 69.9 Å². The summed E-state index contributed by atoms with van der Waals surface area (Å²) in [6.07, 6.45) is 5.55. The van der Waals surface area contributed by atoms with E-state index in [1.54, 1.807) is 6.20 Å². The molecule has 1 atom stereocenters. The number of aliphatic imine (C=N–C) groups is 1. The highest BCUT2D eigenvalue weighted by atomic mass is 15.3. The molecule has 2 heterocycles. The number of benzene rings is 1. The van der Waals surface area contributed by atoms with Crippen LogP contribution in [0.15, 0.2) is 47.7 Å². The summed E-state index contributed by atoms with van der Waals surface area (Å²) in [5.74, 6) is 0.859. The standard InChI is InChI=1S/C23H33N7/c1-6-24-23(27-17(2)16-22-18(3)28-29(5)19(22)4)25-14-12-20-8-10-21(11-9-20)30-15-7-13-26-30/h7-11,13,15,17H,6,12,14,16H2,1-5H3,(H2,24,25,27). The third kappa shape index (κ3) is 5.49. The van der Waals surface area contributed by atoms with Gasteiger partial charge < -0.3 is 10.6 Å². The lowest BCUT2D eigenvalue weighted by molar-refractivity contribution is 0.635. The SMILES string of the molecule is CCNC(=NCCc1ccc(-n2cccn2)cc1)NC(C)Cc1c(C)nn(C)c1C. The molecule has 160 valence electrons. The molecule has 0 aliphatic carbocycles. The van der Waals surface area contributed by atoms with E-state index >= 15 is 0 Å². The second-order valence-electron chi connectivity index (χ2n) is 7.65. The maximum atomic E-state index is 4.77. The van der Waals surface area contributed by atoms with E-state index in [2.05, 4.69) is 72.8 Å². The van der Waals surface area contributed by atoms with Gasteiger partial charge in [-0.3, -0.25) is 9.67 Å². The van der Waals surface area contributed by atoms with Gasteiger partial charge in [0.2, 0.25) is 0 Å². The lowest BCUT2D eigenvalue weighted by atomic mass is 10.1. The average molecular weight is 408 g/mol. The van der Waals surface area contributed by atoms with E-state index in [1.165, 1.54) is 16.8 Å². The molecule has 0 saturated heterocycles. The summed E-state index contributed by atoms with van der Waals surface area (Å²) in [7, 11) is 2.00. The van der Waals surface area contributed by atoms with Crippen LogP contribution in [-0.4, -0.2) is 44.7 Å². The molecule has 7 nitrogen and oxygen atoms in total. The first-order valence-corrected chi connectivity index (χ1v) is 10.6. The Hall–Kier alpha value is -3.09. The molecule has 30 heavy (non-hydrogen) atoms. The lowest BCUT2D eigenvalue weighted by Gasteiger charge is -2.18. The minimum atomic E-state index is 0.262. The second-order valence-corrected chi connectivity index (χ2v) is 7.65. The van der Waals surface area contributed by atoms with E-state index in [0.717, 1.165) is 43.3 Å². The summed E-state index contributed by atoms with van der Waals surface area (Å²) in [5, 5.41) is 15.7. The van der Waals surface area contributed by atoms with Gasteiger partial charge in [0.1, 0.15) is 0 Å². The zero-order valence-corrected chi connectivity index (χ0v) is 18.7. The number of rotatable bonds is 8. The van der Waals surface area contributed by atoms with Gasteiger partial charge >= 0.3 is 0 Å². The van der Waals surface area contributed by atoms with Crippen LogP contribution in [0.4, 0.5) is 0 Å². The minimum Gasteiger partial charge on any atom is -0.357 e. The van der Waals surface area contributed by atoms with Crippen molar-refractivity contribution >= 4 is 5.96 Å². The van der Waals surface area contributed by atoms with Crippen molar-refractivity contribution in [1.29, 1.82) is 0 Å². The number of hydrogen-bond acceptors (Lipinski definition) is 3. The molecule has 1 unspecified atom stereocenters. The zero-order chi connectivity index (χ0) is 21.5. The molecular weight excluding hydrogens is 374 g/mol. The number of aryl methyl sites for hydroxylation is 2. The molecule has 0 spiro atoms. The van der Waals surface area contributed by atoms with Crippen molar-refractivity contribution in [3.8, 4) is 5.69 Å². The molecular formula is C23H33N7. The first kappa shape index (κ1) is 21.6. The highest BCUT2D eigenvalue weighted by molar-refractivity contribution is 5.80. The highest BCUT2D eigenvalue weighted by Gasteiger charge is 2.14. The van der Waals surface area contributed by atoms with Gasteiger partial charge in [0, 0.05) is 44.3 Å². The second kappa shape index (κ2) is 10.1. The van der Waals surface area contributed by atoms with Crippen LogP contribution < -0.4 is 10.6 Å². The van der Waals surface area contributed by atoms with Gasteiger partial charge in [0.15, 0.2) is 5.96 Å². The van der Waals surface area contributed by atoms with Gasteiger partial charge in [-0.25, -0.2) is 4.68 Å². The monoisotopic (exact) mass is 407 g/mol. The maximum absolute atomic E-state index is 4.77. The predicted molar refractivity (Wildman–Crippen MR) is 122 cm³/mol. The zero-order valence-electron chi connectivity index (χ0n) is 18.7. The molecule has 0 bridgehead atoms. The molecule has 0 radical (unpaired) electrons. The van der Waals surface area contributed by atoms with Crippen LogP contribution in [-0.2, 0) is 19.9 Å². The summed E-state index contributed by atoms with van der Waals surface area (Å²) < 4.78 is 3.82. The van der Waals surface area contributed by atoms with Crippen molar-refractivity contribution in [3.63, 3.8) is 0 Å². The summed E-state index contributed by atoms with van der Waals surface area (Å²) in [4.78, 5) is 4.77. The quantitative estimate of drug-likeness (QED) is 0.445. The predicted octanol–water partition coefficient (Wildman–Crippen LogP) is 2.95. The summed E-state index contributed by atoms with van der Waals surface area (Å²) >= 11 is 0. The number of hydrogen-bond donors (Lipinski definition) is 2. The number of nitrogens with zero attached hydrogens (tertiary/aromatic N) is 5. The first-order valence-electron chi connectivity index (χ1n) is 10.6. The Bertz CT molecular complexity index is 952. The van der Waals surface area contributed by atoms with Crippen LogP contribution >= 0.6 is 0 Å². The smallest absolute Gasteiger partial charge is 0.191 e. The van der Waals surface area contributed by atoms with Crippen LogP contribution in [0.2, 0.25) is 0 Å². The fraction of sp³-hybridized carbons (Fsp3) is 0.435. The molecule has 1 aromatic carbocycles. The molecule has 3 rings (SSSR count). The van der Waals surface area contributed by atoms with Crippen LogP contribution in [0, 0.1) is 13.8 Å². The molecule has 7 heteroatoms. The van der Waals surface area contributed by atoms with E-state index in [-0.39, 0.29) is 6.04 Å².